The summed E-state index contributed by atoms with van der Waals surface area (Å²) in [5.41, 5.74) is 2.72. The predicted octanol–water partition coefficient (Wildman–Crippen LogP) is 3.23. The smallest absolute Gasteiger partial charge is 0.291 e. The SMILES string of the molecule is CC(C)NC(=O)CN1N=C(c2ccc(F)cc2)Cn2c(cc3sccc32)C1=O. The van der Waals surface area contributed by atoms with E-state index in [-0.39, 0.29) is 30.2 Å². The molecule has 144 valence electrons. The van der Waals surface area contributed by atoms with Crippen molar-refractivity contribution < 1.29 is 14.0 Å². The van der Waals surface area contributed by atoms with Gasteiger partial charge in [-0.3, -0.25) is 9.59 Å². The highest BCUT2D eigenvalue weighted by Gasteiger charge is 2.28. The highest BCUT2D eigenvalue weighted by atomic mass is 32.1. The number of hydrazone groups is 1. The quantitative estimate of drug-likeness (QED) is 0.733. The van der Waals surface area contributed by atoms with Crippen LogP contribution in [0.25, 0.3) is 10.2 Å². The van der Waals surface area contributed by atoms with Crippen molar-refractivity contribution in [1.82, 2.24) is 14.9 Å². The van der Waals surface area contributed by atoms with Gasteiger partial charge in [0.2, 0.25) is 5.91 Å². The number of aromatic nitrogens is 1. The second kappa shape index (κ2) is 7.20. The zero-order valence-electron chi connectivity index (χ0n) is 15.5. The monoisotopic (exact) mass is 398 g/mol. The zero-order chi connectivity index (χ0) is 19.8. The molecule has 0 saturated heterocycles. The lowest BCUT2D eigenvalue weighted by Gasteiger charge is -2.17. The molecular weight excluding hydrogens is 379 g/mol. The minimum absolute atomic E-state index is 0.0377. The molecule has 0 aliphatic carbocycles. The van der Waals surface area contributed by atoms with Crippen molar-refractivity contribution in [2.45, 2.75) is 26.4 Å². The molecule has 4 rings (SSSR count). The Morgan fingerprint density at radius 2 is 2.04 bits per heavy atom. The van der Waals surface area contributed by atoms with Crippen LogP contribution in [0, 0.1) is 5.82 Å². The molecule has 1 aliphatic heterocycles. The maximum atomic E-state index is 13.4. The molecule has 2 amide bonds. The summed E-state index contributed by atoms with van der Waals surface area (Å²) in [5.74, 6) is -0.962. The predicted molar refractivity (Wildman–Crippen MR) is 107 cm³/mol. The molecule has 0 saturated carbocycles. The fraction of sp³-hybridized carbons (Fsp3) is 0.250. The van der Waals surface area contributed by atoms with Crippen molar-refractivity contribution in [2.75, 3.05) is 6.54 Å². The number of nitrogens with one attached hydrogen (secondary N) is 1. The van der Waals surface area contributed by atoms with Gasteiger partial charge in [-0.2, -0.15) is 5.10 Å². The summed E-state index contributed by atoms with van der Waals surface area (Å²) in [5, 5.41) is 10.4. The molecule has 0 unspecified atom stereocenters. The Labute approximate surface area is 165 Å². The third kappa shape index (κ3) is 3.43. The normalized spacial score (nSPS) is 14.2. The lowest BCUT2D eigenvalue weighted by atomic mass is 10.1. The van der Waals surface area contributed by atoms with E-state index in [0.717, 1.165) is 10.2 Å². The molecule has 1 N–H and O–H groups in total. The molecule has 0 spiro atoms. The van der Waals surface area contributed by atoms with Gasteiger partial charge in [0.15, 0.2) is 0 Å². The maximum absolute atomic E-state index is 13.4. The topological polar surface area (TPSA) is 66.7 Å². The lowest BCUT2D eigenvalue weighted by molar-refractivity contribution is -0.122. The first-order valence-corrected chi connectivity index (χ1v) is 9.81. The van der Waals surface area contributed by atoms with Gasteiger partial charge in [-0.15, -0.1) is 11.3 Å². The minimum Gasteiger partial charge on any atom is -0.352 e. The second-order valence-electron chi connectivity index (χ2n) is 6.92. The van der Waals surface area contributed by atoms with Crippen LogP contribution in [-0.2, 0) is 11.3 Å². The van der Waals surface area contributed by atoms with Gasteiger partial charge in [-0.05, 0) is 49.1 Å². The first-order chi connectivity index (χ1) is 13.4. The van der Waals surface area contributed by atoms with Crippen molar-refractivity contribution in [3.8, 4) is 0 Å². The van der Waals surface area contributed by atoms with E-state index in [4.69, 9.17) is 0 Å². The summed E-state index contributed by atoms with van der Waals surface area (Å²) < 4.78 is 16.3. The Hall–Kier alpha value is -3.00. The highest BCUT2D eigenvalue weighted by Crippen LogP contribution is 2.28. The number of benzene rings is 1. The molecule has 1 aromatic carbocycles. The van der Waals surface area contributed by atoms with Crippen molar-refractivity contribution >= 4 is 39.1 Å². The summed E-state index contributed by atoms with van der Waals surface area (Å²) in [6.45, 7) is 3.89. The number of nitrogens with zero attached hydrogens (tertiary/aromatic N) is 3. The largest absolute Gasteiger partial charge is 0.352 e. The number of thiophene rings is 1. The Morgan fingerprint density at radius 1 is 1.29 bits per heavy atom. The molecule has 0 radical (unpaired) electrons. The van der Waals surface area contributed by atoms with Gasteiger partial charge in [0.1, 0.15) is 18.1 Å². The summed E-state index contributed by atoms with van der Waals surface area (Å²) in [6.07, 6.45) is 0. The number of amides is 2. The van der Waals surface area contributed by atoms with E-state index in [1.165, 1.54) is 17.1 Å². The highest BCUT2D eigenvalue weighted by molar-refractivity contribution is 7.17. The van der Waals surface area contributed by atoms with Gasteiger partial charge in [-0.1, -0.05) is 12.1 Å². The van der Waals surface area contributed by atoms with Crippen LogP contribution >= 0.6 is 11.3 Å². The fourth-order valence-electron chi connectivity index (χ4n) is 3.23. The van der Waals surface area contributed by atoms with Gasteiger partial charge in [0, 0.05) is 6.04 Å². The van der Waals surface area contributed by atoms with E-state index < -0.39 is 0 Å². The molecule has 2 aromatic heterocycles. The zero-order valence-corrected chi connectivity index (χ0v) is 16.3. The minimum atomic E-state index is -0.343. The van der Waals surface area contributed by atoms with E-state index in [1.54, 1.807) is 23.5 Å². The van der Waals surface area contributed by atoms with E-state index in [1.807, 2.05) is 35.9 Å². The van der Waals surface area contributed by atoms with Crippen molar-refractivity contribution in [3.05, 3.63) is 58.9 Å². The van der Waals surface area contributed by atoms with Crippen LogP contribution in [0.1, 0.15) is 29.9 Å². The number of hydrogen-bond acceptors (Lipinski definition) is 4. The molecule has 3 heterocycles. The number of hydrogen-bond donors (Lipinski definition) is 1. The van der Waals surface area contributed by atoms with Crippen molar-refractivity contribution in [2.24, 2.45) is 5.10 Å². The molecule has 0 fully saturated rings. The Kier molecular flexibility index (Phi) is 4.72. The van der Waals surface area contributed by atoms with Crippen LogP contribution in [0.4, 0.5) is 4.39 Å². The Morgan fingerprint density at radius 3 is 2.75 bits per heavy atom. The van der Waals surface area contributed by atoms with E-state index in [2.05, 4.69) is 10.4 Å². The average molecular weight is 398 g/mol. The Balaban J connectivity index is 1.78. The molecule has 3 aromatic rings. The molecule has 8 heteroatoms. The number of carbonyl (C=O) groups excluding carboxylic acids is 2. The molecular formula is C20H19FN4O2S. The maximum Gasteiger partial charge on any atom is 0.291 e. The van der Waals surface area contributed by atoms with Gasteiger partial charge in [0.05, 0.1) is 22.5 Å². The fourth-order valence-corrected chi connectivity index (χ4v) is 4.05. The third-order valence-electron chi connectivity index (χ3n) is 4.45. The summed E-state index contributed by atoms with van der Waals surface area (Å²) in [7, 11) is 0. The van der Waals surface area contributed by atoms with Crippen LogP contribution in [-0.4, -0.2) is 39.7 Å². The molecule has 0 bridgehead atoms. The summed E-state index contributed by atoms with van der Waals surface area (Å²) in [4.78, 5) is 25.4. The first kappa shape index (κ1) is 18.4. The van der Waals surface area contributed by atoms with Crippen molar-refractivity contribution in [1.29, 1.82) is 0 Å². The summed E-state index contributed by atoms with van der Waals surface area (Å²) >= 11 is 1.55. The van der Waals surface area contributed by atoms with E-state index in [9.17, 15) is 14.0 Å². The van der Waals surface area contributed by atoms with E-state index >= 15 is 0 Å². The average Bonchev–Trinajstić information content (AvgIpc) is 3.19. The number of carbonyl (C=O) groups is 2. The van der Waals surface area contributed by atoms with Crippen LogP contribution in [0.3, 0.4) is 0 Å². The number of halogens is 1. The third-order valence-corrected chi connectivity index (χ3v) is 5.30. The van der Waals surface area contributed by atoms with Gasteiger partial charge < -0.3 is 9.88 Å². The van der Waals surface area contributed by atoms with Gasteiger partial charge in [0.25, 0.3) is 5.91 Å². The second-order valence-corrected chi connectivity index (χ2v) is 7.87. The molecule has 6 nitrogen and oxygen atoms in total. The first-order valence-electron chi connectivity index (χ1n) is 8.94. The van der Waals surface area contributed by atoms with Crippen LogP contribution in [0.5, 0.6) is 0 Å². The number of rotatable bonds is 4. The van der Waals surface area contributed by atoms with E-state index in [0.29, 0.717) is 23.5 Å². The van der Waals surface area contributed by atoms with Crippen LogP contribution in [0.15, 0.2) is 46.9 Å². The van der Waals surface area contributed by atoms with Crippen molar-refractivity contribution in [3.63, 3.8) is 0 Å². The van der Waals surface area contributed by atoms with Crippen LogP contribution in [0.2, 0.25) is 0 Å². The molecule has 1 aliphatic rings. The van der Waals surface area contributed by atoms with Gasteiger partial charge >= 0.3 is 0 Å². The Bertz CT molecular complexity index is 1080. The molecule has 0 atom stereocenters. The number of fused-ring (bicyclic) bond motifs is 3. The van der Waals surface area contributed by atoms with Gasteiger partial charge in [-0.25, -0.2) is 9.40 Å². The standard InChI is InChI=1S/C20H19FN4O2S/c1-12(2)22-19(26)11-25-20(27)17-9-18-16(7-8-28-18)24(17)10-15(23-25)13-3-5-14(21)6-4-13/h3-9,12H,10-11H2,1-2H3,(H,22,26). The van der Waals surface area contributed by atoms with Crippen LogP contribution < -0.4 is 5.32 Å². The lowest BCUT2D eigenvalue weighted by Crippen LogP contribution is -2.40. The summed E-state index contributed by atoms with van der Waals surface area (Å²) in [6, 6.07) is 9.73. The molecule has 28 heavy (non-hydrogen) atoms.